The quantitative estimate of drug-likeness (QED) is 0.860. The molecular weight excluding hydrogens is 232 g/mol. The van der Waals surface area contributed by atoms with Crippen LogP contribution >= 0.6 is 0 Å². The first-order valence-electron chi connectivity index (χ1n) is 5.82. The average Bonchev–Trinajstić information content (AvgIpc) is 2.91. The molecule has 6 heteroatoms. The van der Waals surface area contributed by atoms with Gasteiger partial charge in [0.25, 0.3) is 0 Å². The summed E-state index contributed by atoms with van der Waals surface area (Å²) in [6.07, 6.45) is 5.15. The van der Waals surface area contributed by atoms with E-state index in [2.05, 4.69) is 22.3 Å². The van der Waals surface area contributed by atoms with E-state index in [4.69, 9.17) is 0 Å². The van der Waals surface area contributed by atoms with Gasteiger partial charge in [0.2, 0.25) is 0 Å². The molecule has 0 radical (unpaired) electrons. The highest BCUT2D eigenvalue weighted by Gasteiger charge is 2.38. The van der Waals surface area contributed by atoms with Crippen LogP contribution in [0.25, 0.3) is 11.0 Å². The lowest BCUT2D eigenvalue weighted by Gasteiger charge is -2.16. The summed E-state index contributed by atoms with van der Waals surface area (Å²) >= 11 is 0. The Kier molecular flexibility index (Phi) is 2.10. The molecule has 2 heterocycles. The van der Waals surface area contributed by atoms with Gasteiger partial charge in [-0.25, -0.2) is 9.78 Å². The molecule has 1 saturated carbocycles. The standard InChI is InChI=1S/C12H14N4O2/c1-12(3-4-12)15-9-7-6-14-16(2)10(7)13-5-8(9)11(17)18/h5-6H,3-4H2,1-2H3,(H,13,15)(H,17,18). The number of hydrogen-bond acceptors (Lipinski definition) is 4. The number of nitrogens with one attached hydrogen (secondary N) is 1. The predicted octanol–water partition coefficient (Wildman–Crippen LogP) is 1.63. The fourth-order valence-electron chi connectivity index (χ4n) is 2.01. The van der Waals surface area contributed by atoms with Gasteiger partial charge in [-0.2, -0.15) is 5.10 Å². The van der Waals surface area contributed by atoms with Crippen molar-refractivity contribution in [3.8, 4) is 0 Å². The van der Waals surface area contributed by atoms with Crippen molar-refractivity contribution in [1.29, 1.82) is 0 Å². The number of anilines is 1. The molecule has 2 N–H and O–H groups in total. The van der Waals surface area contributed by atoms with Crippen molar-refractivity contribution in [3.05, 3.63) is 18.0 Å². The zero-order valence-electron chi connectivity index (χ0n) is 10.3. The minimum absolute atomic E-state index is 0.00826. The maximum Gasteiger partial charge on any atom is 0.339 e. The summed E-state index contributed by atoms with van der Waals surface area (Å²) in [7, 11) is 1.79. The highest BCUT2D eigenvalue weighted by atomic mass is 16.4. The second-order valence-corrected chi connectivity index (χ2v) is 5.04. The van der Waals surface area contributed by atoms with Gasteiger partial charge in [0.05, 0.1) is 17.3 Å². The maximum atomic E-state index is 11.3. The molecule has 94 valence electrons. The second-order valence-electron chi connectivity index (χ2n) is 5.04. The highest BCUT2D eigenvalue weighted by molar-refractivity contribution is 6.03. The van der Waals surface area contributed by atoms with Gasteiger partial charge in [0.1, 0.15) is 5.56 Å². The summed E-state index contributed by atoms with van der Waals surface area (Å²) in [5.41, 5.74) is 1.52. The molecule has 18 heavy (non-hydrogen) atoms. The topological polar surface area (TPSA) is 80.0 Å². The number of carbonyl (C=O) groups is 1. The van der Waals surface area contributed by atoms with Crippen LogP contribution < -0.4 is 5.32 Å². The Balaban J connectivity index is 2.21. The molecule has 1 aliphatic carbocycles. The van der Waals surface area contributed by atoms with Crippen molar-refractivity contribution >= 4 is 22.7 Å². The molecule has 2 aromatic heterocycles. The first kappa shape index (κ1) is 11.0. The third kappa shape index (κ3) is 1.61. The summed E-state index contributed by atoms with van der Waals surface area (Å²) in [4.78, 5) is 15.4. The lowest BCUT2D eigenvalue weighted by molar-refractivity contribution is 0.0697. The van der Waals surface area contributed by atoms with Crippen LogP contribution in [0.4, 0.5) is 5.69 Å². The highest BCUT2D eigenvalue weighted by Crippen LogP contribution is 2.40. The maximum absolute atomic E-state index is 11.3. The SMILES string of the molecule is Cn1ncc2c(NC3(C)CC3)c(C(=O)O)cnc21. The van der Waals surface area contributed by atoms with Crippen molar-refractivity contribution in [1.82, 2.24) is 14.8 Å². The Labute approximate surface area is 104 Å². The van der Waals surface area contributed by atoms with Crippen molar-refractivity contribution in [2.75, 3.05) is 5.32 Å². The first-order valence-corrected chi connectivity index (χ1v) is 5.82. The van der Waals surface area contributed by atoms with Gasteiger partial charge in [-0.15, -0.1) is 0 Å². The first-order chi connectivity index (χ1) is 8.50. The summed E-state index contributed by atoms with van der Waals surface area (Å²) < 4.78 is 1.64. The number of aryl methyl sites for hydroxylation is 1. The molecule has 3 rings (SSSR count). The molecule has 6 nitrogen and oxygen atoms in total. The number of carboxylic acids is 1. The van der Waals surface area contributed by atoms with Crippen molar-refractivity contribution in [3.63, 3.8) is 0 Å². The number of rotatable bonds is 3. The van der Waals surface area contributed by atoms with E-state index in [0.717, 1.165) is 18.2 Å². The van der Waals surface area contributed by atoms with E-state index in [-0.39, 0.29) is 11.1 Å². The fourth-order valence-corrected chi connectivity index (χ4v) is 2.01. The molecule has 0 saturated heterocycles. The van der Waals surface area contributed by atoms with Gasteiger partial charge >= 0.3 is 5.97 Å². The molecule has 0 atom stereocenters. The third-order valence-corrected chi connectivity index (χ3v) is 3.42. The Hall–Kier alpha value is -2.11. The zero-order valence-corrected chi connectivity index (χ0v) is 10.3. The molecule has 0 aromatic carbocycles. The zero-order chi connectivity index (χ0) is 12.9. The van der Waals surface area contributed by atoms with Gasteiger partial charge in [-0.1, -0.05) is 0 Å². The fraction of sp³-hybridized carbons (Fsp3) is 0.417. The van der Waals surface area contributed by atoms with E-state index in [1.165, 1.54) is 6.20 Å². The third-order valence-electron chi connectivity index (χ3n) is 3.42. The molecule has 2 aromatic rings. The summed E-state index contributed by atoms with van der Waals surface area (Å²) in [6.45, 7) is 2.08. The minimum Gasteiger partial charge on any atom is -0.478 e. The molecule has 1 fully saturated rings. The van der Waals surface area contributed by atoms with Crippen molar-refractivity contribution < 1.29 is 9.90 Å². The van der Waals surface area contributed by atoms with Crippen LogP contribution in [0.1, 0.15) is 30.1 Å². The molecular formula is C12H14N4O2. The van der Waals surface area contributed by atoms with E-state index >= 15 is 0 Å². The van der Waals surface area contributed by atoms with Crippen LogP contribution in [0.3, 0.4) is 0 Å². The van der Waals surface area contributed by atoms with Crippen molar-refractivity contribution in [2.24, 2.45) is 7.05 Å². The van der Waals surface area contributed by atoms with Gasteiger partial charge in [0, 0.05) is 18.8 Å². The monoisotopic (exact) mass is 246 g/mol. The molecule has 0 amide bonds. The van der Waals surface area contributed by atoms with Gasteiger partial charge < -0.3 is 10.4 Å². The number of hydrogen-bond donors (Lipinski definition) is 2. The Morgan fingerprint density at radius 3 is 2.83 bits per heavy atom. The number of fused-ring (bicyclic) bond motifs is 1. The largest absolute Gasteiger partial charge is 0.478 e. The Morgan fingerprint density at radius 1 is 1.50 bits per heavy atom. The number of aromatic carboxylic acids is 1. The summed E-state index contributed by atoms with van der Waals surface area (Å²) in [6, 6.07) is 0. The van der Waals surface area contributed by atoms with E-state index in [1.807, 2.05) is 0 Å². The normalized spacial score (nSPS) is 16.8. The number of nitrogens with zero attached hydrogens (tertiary/aromatic N) is 3. The van der Waals surface area contributed by atoms with Gasteiger partial charge in [-0.05, 0) is 19.8 Å². The van der Waals surface area contributed by atoms with Gasteiger partial charge in [0.15, 0.2) is 5.65 Å². The smallest absolute Gasteiger partial charge is 0.339 e. The van der Waals surface area contributed by atoms with E-state index in [1.54, 1.807) is 17.9 Å². The molecule has 0 spiro atoms. The van der Waals surface area contributed by atoms with Crippen LogP contribution in [0, 0.1) is 0 Å². The van der Waals surface area contributed by atoms with Crippen molar-refractivity contribution in [2.45, 2.75) is 25.3 Å². The van der Waals surface area contributed by atoms with Crippen LogP contribution in [0.2, 0.25) is 0 Å². The van der Waals surface area contributed by atoms with E-state index < -0.39 is 5.97 Å². The Bertz CT molecular complexity index is 643. The van der Waals surface area contributed by atoms with Crippen LogP contribution in [-0.4, -0.2) is 31.4 Å². The minimum atomic E-state index is -0.972. The molecule has 0 unspecified atom stereocenters. The number of pyridine rings is 1. The van der Waals surface area contributed by atoms with Gasteiger partial charge in [-0.3, -0.25) is 4.68 Å². The van der Waals surface area contributed by atoms with Crippen LogP contribution in [-0.2, 0) is 7.05 Å². The number of carboxylic acid groups (broad SMARTS) is 1. The molecule has 0 bridgehead atoms. The second kappa shape index (κ2) is 3.44. The van der Waals surface area contributed by atoms with Crippen LogP contribution in [0.5, 0.6) is 0 Å². The lowest BCUT2D eigenvalue weighted by atomic mass is 10.1. The summed E-state index contributed by atoms with van der Waals surface area (Å²) in [5.74, 6) is -0.972. The average molecular weight is 246 g/mol. The Morgan fingerprint density at radius 2 is 2.22 bits per heavy atom. The van der Waals surface area contributed by atoms with E-state index in [0.29, 0.717) is 11.3 Å². The molecule has 0 aliphatic heterocycles. The lowest BCUT2D eigenvalue weighted by Crippen LogP contribution is -2.19. The molecule has 1 aliphatic rings. The number of aromatic nitrogens is 3. The van der Waals surface area contributed by atoms with E-state index in [9.17, 15) is 9.90 Å². The predicted molar refractivity (Wildman–Crippen MR) is 66.7 cm³/mol. The van der Waals surface area contributed by atoms with Crippen LogP contribution in [0.15, 0.2) is 12.4 Å². The summed E-state index contributed by atoms with van der Waals surface area (Å²) in [5, 5.41) is 17.4.